The lowest BCUT2D eigenvalue weighted by Gasteiger charge is -2.32. The van der Waals surface area contributed by atoms with Crippen LogP contribution in [0.25, 0.3) is 0 Å². The molecule has 1 atom stereocenters. The predicted molar refractivity (Wildman–Crippen MR) is 84.6 cm³/mol. The Kier molecular flexibility index (Phi) is 4.61. The molecule has 0 bridgehead atoms. The van der Waals surface area contributed by atoms with Crippen LogP contribution in [-0.4, -0.2) is 55.2 Å². The summed E-state index contributed by atoms with van der Waals surface area (Å²) in [5.74, 6) is 0. The molecule has 2 aliphatic rings. The first-order chi connectivity index (χ1) is 9.72. The fraction of sp³-hybridized carbons (Fsp3) is 0.600. The molecule has 1 aromatic carbocycles. The Balaban J connectivity index is 1.58. The van der Waals surface area contributed by atoms with Crippen LogP contribution in [0.5, 0.6) is 0 Å². The maximum absolute atomic E-state index is 5.88. The van der Waals surface area contributed by atoms with E-state index in [0.29, 0.717) is 6.04 Å². The summed E-state index contributed by atoms with van der Waals surface area (Å²) < 4.78 is 6.59. The highest BCUT2D eigenvalue weighted by Gasteiger charge is 2.28. The molecule has 2 fully saturated rings. The molecule has 5 heteroatoms. The van der Waals surface area contributed by atoms with E-state index >= 15 is 0 Å². The van der Waals surface area contributed by atoms with E-state index < -0.39 is 0 Å². The van der Waals surface area contributed by atoms with Gasteiger partial charge in [-0.15, -0.1) is 0 Å². The molecular weight excluding hydrogens is 318 g/mol. The number of nitrogens with zero attached hydrogens (tertiary/aromatic N) is 2. The van der Waals surface area contributed by atoms with Crippen LogP contribution in [0.4, 0.5) is 5.69 Å². The number of nitrogens with two attached hydrogens (primary N) is 1. The minimum Gasteiger partial charge on any atom is -0.399 e. The molecule has 2 saturated heterocycles. The minimum atomic E-state index is 0.693. The molecule has 110 valence electrons. The van der Waals surface area contributed by atoms with Crippen molar-refractivity contribution in [3.8, 4) is 0 Å². The predicted octanol–water partition coefficient (Wildman–Crippen LogP) is 1.94. The molecular formula is C15H22BrN3O. The molecule has 1 unspecified atom stereocenters. The van der Waals surface area contributed by atoms with E-state index in [9.17, 15) is 0 Å². The van der Waals surface area contributed by atoms with Crippen LogP contribution in [0.3, 0.4) is 0 Å². The molecule has 0 spiro atoms. The zero-order valence-corrected chi connectivity index (χ0v) is 13.3. The molecule has 2 heterocycles. The first-order valence-corrected chi connectivity index (χ1v) is 8.10. The van der Waals surface area contributed by atoms with Gasteiger partial charge in [-0.2, -0.15) is 0 Å². The lowest BCUT2D eigenvalue weighted by molar-refractivity contribution is 0.0184. The van der Waals surface area contributed by atoms with Gasteiger partial charge in [0.05, 0.1) is 13.2 Å². The van der Waals surface area contributed by atoms with Crippen molar-refractivity contribution < 1.29 is 4.74 Å². The summed E-state index contributed by atoms with van der Waals surface area (Å²) in [6.07, 6.45) is 1.26. The van der Waals surface area contributed by atoms with Gasteiger partial charge in [-0.1, -0.05) is 15.9 Å². The zero-order chi connectivity index (χ0) is 13.9. The van der Waals surface area contributed by atoms with Crippen LogP contribution in [-0.2, 0) is 11.3 Å². The van der Waals surface area contributed by atoms with Crippen LogP contribution in [0, 0.1) is 0 Å². The monoisotopic (exact) mass is 339 g/mol. The van der Waals surface area contributed by atoms with Crippen LogP contribution in [0.1, 0.15) is 12.0 Å². The fourth-order valence-electron chi connectivity index (χ4n) is 3.15. The number of likely N-dealkylation sites (tertiary alicyclic amines) is 1. The molecule has 0 aliphatic carbocycles. The van der Waals surface area contributed by atoms with E-state index in [1.165, 1.54) is 18.5 Å². The van der Waals surface area contributed by atoms with E-state index in [-0.39, 0.29) is 0 Å². The molecule has 0 aromatic heterocycles. The Morgan fingerprint density at radius 1 is 1.25 bits per heavy atom. The number of ether oxygens (including phenoxy) is 1. The van der Waals surface area contributed by atoms with Gasteiger partial charge in [-0.05, 0) is 30.2 Å². The maximum atomic E-state index is 5.88. The third-order valence-corrected chi connectivity index (χ3v) is 5.05. The average Bonchev–Trinajstić information content (AvgIpc) is 2.92. The summed E-state index contributed by atoms with van der Waals surface area (Å²) >= 11 is 3.62. The quantitative estimate of drug-likeness (QED) is 0.854. The van der Waals surface area contributed by atoms with Crippen LogP contribution in [0.15, 0.2) is 22.7 Å². The van der Waals surface area contributed by atoms with Crippen molar-refractivity contribution in [1.82, 2.24) is 9.80 Å². The largest absolute Gasteiger partial charge is 0.399 e. The van der Waals surface area contributed by atoms with Gasteiger partial charge >= 0.3 is 0 Å². The summed E-state index contributed by atoms with van der Waals surface area (Å²) in [5.41, 5.74) is 8.01. The number of anilines is 1. The highest BCUT2D eigenvalue weighted by molar-refractivity contribution is 9.10. The number of nitrogen functional groups attached to an aromatic ring is 1. The summed E-state index contributed by atoms with van der Waals surface area (Å²) in [6.45, 7) is 7.24. The minimum absolute atomic E-state index is 0.693. The van der Waals surface area contributed by atoms with Gasteiger partial charge in [-0.25, -0.2) is 0 Å². The van der Waals surface area contributed by atoms with Gasteiger partial charge < -0.3 is 10.5 Å². The Morgan fingerprint density at radius 2 is 2.05 bits per heavy atom. The average molecular weight is 340 g/mol. The molecule has 0 saturated carbocycles. The molecule has 0 amide bonds. The normalized spacial score (nSPS) is 25.1. The first kappa shape index (κ1) is 14.3. The maximum Gasteiger partial charge on any atom is 0.0594 e. The first-order valence-electron chi connectivity index (χ1n) is 7.30. The standard InChI is InChI=1S/C15H22BrN3O/c16-15-2-1-13(17)9-12(15)10-18-4-3-14(11-18)19-5-7-20-8-6-19/h1-2,9,14H,3-8,10-11,17H2. The van der Waals surface area contributed by atoms with Gasteiger partial charge in [0, 0.05) is 48.9 Å². The van der Waals surface area contributed by atoms with Crippen molar-refractivity contribution >= 4 is 21.6 Å². The van der Waals surface area contributed by atoms with Crippen molar-refractivity contribution in [2.75, 3.05) is 45.1 Å². The van der Waals surface area contributed by atoms with Crippen LogP contribution < -0.4 is 5.73 Å². The van der Waals surface area contributed by atoms with Crippen molar-refractivity contribution in [2.24, 2.45) is 0 Å². The lowest BCUT2D eigenvalue weighted by atomic mass is 10.2. The number of hydrogen-bond donors (Lipinski definition) is 1. The number of morpholine rings is 1. The smallest absolute Gasteiger partial charge is 0.0594 e. The molecule has 4 nitrogen and oxygen atoms in total. The van der Waals surface area contributed by atoms with E-state index in [1.807, 2.05) is 12.1 Å². The van der Waals surface area contributed by atoms with E-state index in [2.05, 4.69) is 31.8 Å². The SMILES string of the molecule is Nc1ccc(Br)c(CN2CCC(N3CCOCC3)C2)c1. The second-order valence-electron chi connectivity index (χ2n) is 5.68. The van der Waals surface area contributed by atoms with Crippen molar-refractivity contribution in [3.05, 3.63) is 28.2 Å². The summed E-state index contributed by atoms with van der Waals surface area (Å²) in [7, 11) is 0. The van der Waals surface area contributed by atoms with E-state index in [4.69, 9.17) is 10.5 Å². The molecule has 1 aromatic rings. The summed E-state index contributed by atoms with van der Waals surface area (Å²) in [5, 5.41) is 0. The second kappa shape index (κ2) is 6.43. The molecule has 2 N–H and O–H groups in total. The Hall–Kier alpha value is -0.620. The second-order valence-corrected chi connectivity index (χ2v) is 6.53. The molecule has 3 rings (SSSR count). The van der Waals surface area contributed by atoms with Crippen LogP contribution >= 0.6 is 15.9 Å². The van der Waals surface area contributed by atoms with Crippen molar-refractivity contribution in [2.45, 2.75) is 19.0 Å². The zero-order valence-electron chi connectivity index (χ0n) is 11.7. The Bertz CT molecular complexity index is 462. The van der Waals surface area contributed by atoms with Crippen molar-refractivity contribution in [1.29, 1.82) is 0 Å². The van der Waals surface area contributed by atoms with Gasteiger partial charge in [-0.3, -0.25) is 9.80 Å². The van der Waals surface area contributed by atoms with E-state index in [1.54, 1.807) is 0 Å². The third-order valence-electron chi connectivity index (χ3n) is 4.27. The van der Waals surface area contributed by atoms with Crippen molar-refractivity contribution in [3.63, 3.8) is 0 Å². The number of benzene rings is 1. The number of halogens is 1. The lowest BCUT2D eigenvalue weighted by Crippen LogP contribution is -2.44. The summed E-state index contributed by atoms with van der Waals surface area (Å²) in [4.78, 5) is 5.11. The fourth-order valence-corrected chi connectivity index (χ4v) is 3.53. The highest BCUT2D eigenvalue weighted by atomic mass is 79.9. The topological polar surface area (TPSA) is 41.7 Å². The highest BCUT2D eigenvalue weighted by Crippen LogP contribution is 2.24. The van der Waals surface area contributed by atoms with Gasteiger partial charge in [0.2, 0.25) is 0 Å². The Labute approximate surface area is 129 Å². The number of rotatable bonds is 3. The third kappa shape index (κ3) is 3.34. The molecule has 2 aliphatic heterocycles. The number of hydrogen-bond acceptors (Lipinski definition) is 4. The Morgan fingerprint density at radius 3 is 2.85 bits per heavy atom. The van der Waals surface area contributed by atoms with Gasteiger partial charge in [0.1, 0.15) is 0 Å². The van der Waals surface area contributed by atoms with Gasteiger partial charge in [0.15, 0.2) is 0 Å². The van der Waals surface area contributed by atoms with Crippen LogP contribution in [0.2, 0.25) is 0 Å². The van der Waals surface area contributed by atoms with E-state index in [0.717, 1.165) is 49.6 Å². The summed E-state index contributed by atoms with van der Waals surface area (Å²) in [6, 6.07) is 6.75. The molecule has 0 radical (unpaired) electrons. The van der Waals surface area contributed by atoms with Gasteiger partial charge in [0.25, 0.3) is 0 Å². The molecule has 20 heavy (non-hydrogen) atoms.